The van der Waals surface area contributed by atoms with E-state index >= 15 is 0 Å². The molecule has 1 spiro atoms. The van der Waals surface area contributed by atoms with Crippen LogP contribution in [0.25, 0.3) is 10.1 Å². The lowest BCUT2D eigenvalue weighted by atomic mass is 9.94. The van der Waals surface area contributed by atoms with E-state index in [0.717, 1.165) is 18.5 Å². The van der Waals surface area contributed by atoms with Gasteiger partial charge < -0.3 is 9.47 Å². The summed E-state index contributed by atoms with van der Waals surface area (Å²) in [6, 6.07) is 4.28. The molecule has 0 radical (unpaired) electrons. The zero-order chi connectivity index (χ0) is 12.7. The monoisotopic (exact) mass is 275 g/mol. The standard InChI is InChI=1S/C15H17NO2S/c1-2-5-15(6-3-1)17-10-13(18-15)12-8-11-4-7-19-14(11)9-16-12/h4,7-9,13H,1-3,5-6,10H2. The van der Waals surface area contributed by atoms with Crippen LogP contribution < -0.4 is 0 Å². The van der Waals surface area contributed by atoms with Crippen LogP contribution in [0.4, 0.5) is 0 Å². The summed E-state index contributed by atoms with van der Waals surface area (Å²) in [5.74, 6) is -0.311. The number of ether oxygens (including phenoxy) is 2. The molecule has 3 nitrogen and oxygen atoms in total. The molecule has 4 heteroatoms. The Morgan fingerprint density at radius 3 is 3.05 bits per heavy atom. The maximum absolute atomic E-state index is 6.22. The molecular formula is C15H17NO2S. The van der Waals surface area contributed by atoms with Crippen molar-refractivity contribution in [2.24, 2.45) is 0 Å². The molecule has 2 aromatic rings. The van der Waals surface area contributed by atoms with E-state index < -0.39 is 0 Å². The summed E-state index contributed by atoms with van der Waals surface area (Å²) < 4.78 is 13.4. The van der Waals surface area contributed by atoms with Gasteiger partial charge in [-0.25, -0.2) is 0 Å². The molecule has 2 aliphatic rings. The minimum absolute atomic E-state index is 0.00222. The lowest BCUT2D eigenvalue weighted by molar-refractivity contribution is -0.188. The van der Waals surface area contributed by atoms with Crippen LogP contribution in [0, 0.1) is 0 Å². The Labute approximate surface area is 116 Å². The number of thiophene rings is 1. The van der Waals surface area contributed by atoms with Crippen molar-refractivity contribution < 1.29 is 9.47 Å². The van der Waals surface area contributed by atoms with Crippen LogP contribution in [0.2, 0.25) is 0 Å². The lowest BCUT2D eigenvalue weighted by Gasteiger charge is -2.31. The van der Waals surface area contributed by atoms with Gasteiger partial charge >= 0.3 is 0 Å². The summed E-state index contributed by atoms with van der Waals surface area (Å²) in [4.78, 5) is 4.54. The Morgan fingerprint density at radius 2 is 2.16 bits per heavy atom. The van der Waals surface area contributed by atoms with Gasteiger partial charge in [0.1, 0.15) is 6.10 Å². The Hall–Kier alpha value is -0.970. The minimum Gasteiger partial charge on any atom is -0.347 e. The summed E-state index contributed by atoms with van der Waals surface area (Å²) in [6.07, 6.45) is 7.74. The summed E-state index contributed by atoms with van der Waals surface area (Å²) in [5, 5.41) is 3.35. The van der Waals surface area contributed by atoms with Crippen molar-refractivity contribution in [2.45, 2.75) is 44.0 Å². The van der Waals surface area contributed by atoms with Crippen molar-refractivity contribution in [1.29, 1.82) is 0 Å². The van der Waals surface area contributed by atoms with Crippen LogP contribution >= 0.6 is 11.3 Å². The molecule has 1 saturated heterocycles. The first-order chi connectivity index (χ1) is 9.35. The Kier molecular flexibility index (Phi) is 2.83. The van der Waals surface area contributed by atoms with Crippen molar-refractivity contribution in [1.82, 2.24) is 4.98 Å². The van der Waals surface area contributed by atoms with E-state index in [-0.39, 0.29) is 11.9 Å². The molecule has 0 N–H and O–H groups in total. The van der Waals surface area contributed by atoms with E-state index in [0.29, 0.717) is 6.61 Å². The largest absolute Gasteiger partial charge is 0.347 e. The first kappa shape index (κ1) is 11.8. The second kappa shape index (κ2) is 4.54. The number of fused-ring (bicyclic) bond motifs is 1. The molecule has 2 aromatic heterocycles. The third-order valence-corrected chi connectivity index (χ3v) is 5.03. The Balaban J connectivity index is 1.59. The fourth-order valence-corrected chi connectivity index (χ4v) is 3.85. The predicted octanol–water partition coefficient (Wildman–Crippen LogP) is 4.04. The highest BCUT2D eigenvalue weighted by molar-refractivity contribution is 7.17. The van der Waals surface area contributed by atoms with Crippen molar-refractivity contribution in [3.05, 3.63) is 29.4 Å². The molecule has 100 valence electrons. The molecule has 19 heavy (non-hydrogen) atoms. The number of hydrogen-bond donors (Lipinski definition) is 0. The van der Waals surface area contributed by atoms with E-state index in [2.05, 4.69) is 22.5 Å². The van der Waals surface area contributed by atoms with Crippen molar-refractivity contribution >= 4 is 21.4 Å². The SMILES string of the molecule is c1cc2cc(C3COC4(CCCCC4)O3)ncc2s1. The Bertz CT molecular complexity index is 589. The van der Waals surface area contributed by atoms with Crippen molar-refractivity contribution in [2.75, 3.05) is 6.61 Å². The average molecular weight is 275 g/mol. The number of nitrogens with zero attached hydrogens (tertiary/aromatic N) is 1. The first-order valence-electron chi connectivity index (χ1n) is 7.00. The predicted molar refractivity (Wildman–Crippen MR) is 75.2 cm³/mol. The third-order valence-electron chi connectivity index (χ3n) is 4.16. The van der Waals surface area contributed by atoms with Crippen LogP contribution in [-0.2, 0) is 9.47 Å². The first-order valence-corrected chi connectivity index (χ1v) is 7.88. The highest BCUT2D eigenvalue weighted by atomic mass is 32.1. The smallest absolute Gasteiger partial charge is 0.169 e. The van der Waals surface area contributed by atoms with Gasteiger partial charge in [-0.15, -0.1) is 11.3 Å². The fraction of sp³-hybridized carbons (Fsp3) is 0.533. The molecule has 0 aromatic carbocycles. The minimum atomic E-state index is -0.311. The van der Waals surface area contributed by atoms with Gasteiger partial charge in [0.15, 0.2) is 5.79 Å². The van der Waals surface area contributed by atoms with Crippen LogP contribution in [0.1, 0.15) is 43.9 Å². The van der Waals surface area contributed by atoms with Crippen molar-refractivity contribution in [3.8, 4) is 0 Å². The zero-order valence-corrected chi connectivity index (χ0v) is 11.6. The van der Waals surface area contributed by atoms with Gasteiger partial charge in [0, 0.05) is 19.0 Å². The molecule has 0 bridgehead atoms. The molecule has 0 amide bonds. The van der Waals surface area contributed by atoms with Crippen LogP contribution in [0.15, 0.2) is 23.7 Å². The second-order valence-electron chi connectivity index (χ2n) is 5.46. The van der Waals surface area contributed by atoms with Gasteiger partial charge in [0.25, 0.3) is 0 Å². The van der Waals surface area contributed by atoms with Crippen LogP contribution in [0.5, 0.6) is 0 Å². The van der Waals surface area contributed by atoms with Gasteiger partial charge in [-0.2, -0.15) is 0 Å². The summed E-state index contributed by atoms with van der Waals surface area (Å²) >= 11 is 1.73. The highest BCUT2D eigenvalue weighted by Crippen LogP contribution is 2.42. The summed E-state index contributed by atoms with van der Waals surface area (Å²) in [7, 11) is 0. The molecule has 1 unspecified atom stereocenters. The molecule has 1 aliphatic carbocycles. The molecule has 1 saturated carbocycles. The van der Waals surface area contributed by atoms with Gasteiger partial charge in [0.05, 0.1) is 17.0 Å². The topological polar surface area (TPSA) is 31.4 Å². The third kappa shape index (κ3) is 2.08. The quantitative estimate of drug-likeness (QED) is 0.787. The lowest BCUT2D eigenvalue weighted by Crippen LogP contribution is -2.32. The van der Waals surface area contributed by atoms with Crippen LogP contribution in [0.3, 0.4) is 0 Å². The van der Waals surface area contributed by atoms with Crippen molar-refractivity contribution in [3.63, 3.8) is 0 Å². The second-order valence-corrected chi connectivity index (χ2v) is 6.40. The highest BCUT2D eigenvalue weighted by Gasteiger charge is 2.43. The Morgan fingerprint density at radius 1 is 1.26 bits per heavy atom. The van der Waals surface area contributed by atoms with Crippen LogP contribution in [-0.4, -0.2) is 17.4 Å². The molecule has 3 heterocycles. The van der Waals surface area contributed by atoms with E-state index in [1.54, 1.807) is 11.3 Å². The molecule has 2 fully saturated rings. The van der Waals surface area contributed by atoms with E-state index in [1.165, 1.54) is 29.3 Å². The van der Waals surface area contributed by atoms with Gasteiger partial charge in [-0.05, 0) is 35.7 Å². The molecular weight excluding hydrogens is 258 g/mol. The van der Waals surface area contributed by atoms with Gasteiger partial charge in [0.2, 0.25) is 0 Å². The summed E-state index contributed by atoms with van der Waals surface area (Å²) in [6.45, 7) is 0.642. The van der Waals surface area contributed by atoms with E-state index in [9.17, 15) is 0 Å². The van der Waals surface area contributed by atoms with Gasteiger partial charge in [-0.1, -0.05) is 6.42 Å². The maximum Gasteiger partial charge on any atom is 0.169 e. The molecule has 1 aliphatic heterocycles. The maximum atomic E-state index is 6.22. The number of aromatic nitrogens is 1. The van der Waals surface area contributed by atoms with E-state index in [1.807, 2.05) is 6.20 Å². The zero-order valence-electron chi connectivity index (χ0n) is 10.8. The number of hydrogen-bond acceptors (Lipinski definition) is 4. The fourth-order valence-electron chi connectivity index (χ4n) is 3.11. The number of rotatable bonds is 1. The molecule has 4 rings (SSSR count). The van der Waals surface area contributed by atoms with E-state index in [4.69, 9.17) is 9.47 Å². The summed E-state index contributed by atoms with van der Waals surface area (Å²) in [5.41, 5.74) is 1.01. The van der Waals surface area contributed by atoms with Gasteiger partial charge in [-0.3, -0.25) is 4.98 Å². The molecule has 1 atom stereocenters. The number of pyridine rings is 1. The normalized spacial score (nSPS) is 26.2. The average Bonchev–Trinajstić information content (AvgIpc) is 3.06.